The van der Waals surface area contributed by atoms with Crippen molar-refractivity contribution < 1.29 is 4.52 Å². The molecule has 2 atom stereocenters. The number of rotatable bonds is 4. The predicted molar refractivity (Wildman–Crippen MR) is 103 cm³/mol. The minimum atomic E-state index is -2.27. The fraction of sp³-hybridized carbons (Fsp3) is 0.333. The van der Waals surface area contributed by atoms with Gasteiger partial charge in [-0.2, -0.15) is 4.67 Å². The van der Waals surface area contributed by atoms with E-state index in [9.17, 15) is 0 Å². The third kappa shape index (κ3) is 3.41. The average Bonchev–Trinajstić information content (AvgIpc) is 2.89. The SMILES string of the molecule is [B][P+]1(c2ccccc2)OCC(C(C)C)N1Cc1ccccc1Br. The van der Waals surface area contributed by atoms with Crippen LogP contribution < -0.4 is 5.30 Å². The molecule has 1 aliphatic heterocycles. The highest BCUT2D eigenvalue weighted by Crippen LogP contribution is 2.64. The lowest BCUT2D eigenvalue weighted by molar-refractivity contribution is 0.250. The van der Waals surface area contributed by atoms with Gasteiger partial charge >= 0.3 is 7.57 Å². The van der Waals surface area contributed by atoms with Gasteiger partial charge in [-0.1, -0.05) is 66.2 Å². The van der Waals surface area contributed by atoms with Crippen molar-refractivity contribution in [1.82, 2.24) is 4.67 Å². The van der Waals surface area contributed by atoms with Crippen molar-refractivity contribution in [3.8, 4) is 0 Å². The molecule has 0 bridgehead atoms. The van der Waals surface area contributed by atoms with Gasteiger partial charge < -0.3 is 0 Å². The second-order valence-corrected chi connectivity index (χ2v) is 9.64. The molecule has 1 heterocycles. The van der Waals surface area contributed by atoms with Gasteiger partial charge in [0.1, 0.15) is 11.9 Å². The highest BCUT2D eigenvalue weighted by molar-refractivity contribution is 9.10. The molecule has 3 rings (SSSR count). The zero-order valence-corrected chi connectivity index (χ0v) is 16.0. The minimum absolute atomic E-state index is 0.334. The van der Waals surface area contributed by atoms with Crippen molar-refractivity contribution >= 4 is 36.3 Å². The minimum Gasteiger partial charge on any atom is -0.232 e. The van der Waals surface area contributed by atoms with Crippen LogP contribution in [0.5, 0.6) is 0 Å². The first-order chi connectivity index (χ1) is 11.0. The van der Waals surface area contributed by atoms with Crippen LogP contribution in [-0.2, 0) is 11.1 Å². The first-order valence-corrected chi connectivity index (χ1v) is 10.4. The molecule has 2 aromatic rings. The second kappa shape index (κ2) is 7.07. The van der Waals surface area contributed by atoms with E-state index < -0.39 is 7.52 Å². The topological polar surface area (TPSA) is 12.5 Å². The van der Waals surface area contributed by atoms with Crippen LogP contribution in [-0.4, -0.2) is 24.9 Å². The van der Waals surface area contributed by atoms with Crippen LogP contribution in [0.4, 0.5) is 0 Å². The fourth-order valence-electron chi connectivity index (χ4n) is 3.00. The smallest absolute Gasteiger partial charge is 0.232 e. The van der Waals surface area contributed by atoms with Crippen LogP contribution in [0.25, 0.3) is 0 Å². The first-order valence-electron chi connectivity index (χ1n) is 7.90. The average molecular weight is 389 g/mol. The van der Waals surface area contributed by atoms with Crippen molar-refractivity contribution in [3.63, 3.8) is 0 Å². The highest BCUT2D eigenvalue weighted by atomic mass is 79.9. The van der Waals surface area contributed by atoms with Gasteiger partial charge in [0.2, 0.25) is 0 Å². The maximum Gasteiger partial charge on any atom is 0.434 e. The normalized spacial score (nSPS) is 25.1. The van der Waals surface area contributed by atoms with Gasteiger partial charge in [0, 0.05) is 4.47 Å². The van der Waals surface area contributed by atoms with E-state index in [1.807, 2.05) is 24.3 Å². The summed E-state index contributed by atoms with van der Waals surface area (Å²) in [7, 11) is 4.58. The molecule has 0 N–H and O–H groups in total. The van der Waals surface area contributed by atoms with E-state index in [1.165, 1.54) is 5.56 Å². The molecule has 2 radical (unpaired) electrons. The lowest BCUT2D eigenvalue weighted by Crippen LogP contribution is -2.36. The molecule has 2 nitrogen and oxygen atoms in total. The number of halogens is 1. The standard InChI is InChI=1S/C18H21BBrNOP/c1-14(2)18-13-22-23(19,16-9-4-3-5-10-16)21(18)12-15-8-6-7-11-17(15)20/h3-11,14,18H,12-13H2,1-2H3/q+1. The van der Waals surface area contributed by atoms with Gasteiger partial charge in [-0.25, -0.2) is 4.52 Å². The fourth-order valence-corrected chi connectivity index (χ4v) is 6.11. The summed E-state index contributed by atoms with van der Waals surface area (Å²) in [6, 6.07) is 18.9. The molecule has 118 valence electrons. The van der Waals surface area contributed by atoms with Gasteiger partial charge in [-0.3, -0.25) is 0 Å². The lowest BCUT2D eigenvalue weighted by atomic mass is 10.1. The predicted octanol–water partition coefficient (Wildman–Crippen LogP) is 4.56. The quantitative estimate of drug-likeness (QED) is 0.562. The summed E-state index contributed by atoms with van der Waals surface area (Å²) in [5.41, 5.74) is 1.24. The number of benzene rings is 2. The van der Waals surface area contributed by atoms with Crippen molar-refractivity contribution in [2.75, 3.05) is 6.61 Å². The van der Waals surface area contributed by atoms with Crippen molar-refractivity contribution in [3.05, 3.63) is 64.6 Å². The maximum absolute atomic E-state index is 6.85. The van der Waals surface area contributed by atoms with Crippen LogP contribution in [0.3, 0.4) is 0 Å². The lowest BCUT2D eigenvalue weighted by Gasteiger charge is -2.30. The third-order valence-electron chi connectivity index (χ3n) is 4.39. The van der Waals surface area contributed by atoms with E-state index in [4.69, 9.17) is 12.1 Å². The summed E-state index contributed by atoms with van der Waals surface area (Å²) in [5.74, 6) is 0.492. The Morgan fingerprint density at radius 2 is 1.83 bits per heavy atom. The summed E-state index contributed by atoms with van der Waals surface area (Å²) >= 11 is 3.66. The highest BCUT2D eigenvalue weighted by Gasteiger charge is 2.54. The molecular weight excluding hydrogens is 368 g/mol. The van der Waals surface area contributed by atoms with Crippen molar-refractivity contribution in [1.29, 1.82) is 0 Å². The molecule has 2 unspecified atom stereocenters. The Labute approximate surface area is 149 Å². The van der Waals surface area contributed by atoms with E-state index in [0.717, 1.165) is 16.3 Å². The number of nitrogens with zero attached hydrogens (tertiary/aromatic N) is 1. The van der Waals surface area contributed by atoms with Crippen LogP contribution >= 0.6 is 23.4 Å². The molecule has 2 aromatic carbocycles. The molecule has 0 amide bonds. The molecule has 1 aliphatic rings. The van der Waals surface area contributed by atoms with Gasteiger partial charge in [-0.05, 0) is 29.7 Å². The zero-order valence-electron chi connectivity index (χ0n) is 13.5. The summed E-state index contributed by atoms with van der Waals surface area (Å²) in [6.07, 6.45) is 0. The maximum atomic E-state index is 6.85. The summed E-state index contributed by atoms with van der Waals surface area (Å²) in [5, 5.41) is 1.11. The Balaban J connectivity index is 1.98. The molecule has 1 fully saturated rings. The zero-order chi connectivity index (χ0) is 16.4. The van der Waals surface area contributed by atoms with Crippen LogP contribution in [0, 0.1) is 5.92 Å². The molecule has 0 saturated carbocycles. The first kappa shape index (κ1) is 17.2. The second-order valence-electron chi connectivity index (χ2n) is 6.25. The van der Waals surface area contributed by atoms with Gasteiger partial charge in [0.05, 0.1) is 12.6 Å². The Bertz CT molecular complexity index is 669. The van der Waals surface area contributed by atoms with E-state index in [1.54, 1.807) is 0 Å². The van der Waals surface area contributed by atoms with Crippen LogP contribution in [0.15, 0.2) is 59.1 Å². The molecule has 0 aliphatic carbocycles. The Hall–Kier alpha value is -0.665. The van der Waals surface area contributed by atoms with E-state index in [-0.39, 0.29) is 0 Å². The van der Waals surface area contributed by atoms with E-state index in [2.05, 4.69) is 64.8 Å². The third-order valence-corrected chi connectivity index (χ3v) is 7.95. The van der Waals surface area contributed by atoms with Crippen molar-refractivity contribution in [2.24, 2.45) is 5.92 Å². The van der Waals surface area contributed by atoms with Crippen molar-refractivity contribution in [2.45, 2.75) is 26.4 Å². The van der Waals surface area contributed by atoms with Gasteiger partial charge in [0.25, 0.3) is 0 Å². The molecular formula is C18H21BBrNOP+. The Morgan fingerprint density at radius 1 is 1.17 bits per heavy atom. The number of hydrogen-bond donors (Lipinski definition) is 0. The summed E-state index contributed by atoms with van der Waals surface area (Å²) < 4.78 is 9.74. The van der Waals surface area contributed by atoms with Crippen LogP contribution in [0.1, 0.15) is 19.4 Å². The molecule has 0 aromatic heterocycles. The Kier molecular flexibility index (Phi) is 5.27. The summed E-state index contributed by atoms with van der Waals surface area (Å²) in [4.78, 5) is 0. The van der Waals surface area contributed by atoms with E-state index >= 15 is 0 Å². The Morgan fingerprint density at radius 3 is 2.48 bits per heavy atom. The van der Waals surface area contributed by atoms with Gasteiger partial charge in [-0.15, -0.1) is 0 Å². The van der Waals surface area contributed by atoms with Crippen LogP contribution in [0.2, 0.25) is 0 Å². The van der Waals surface area contributed by atoms with E-state index in [0.29, 0.717) is 18.6 Å². The molecule has 23 heavy (non-hydrogen) atoms. The number of hydrogen-bond acceptors (Lipinski definition) is 2. The monoisotopic (exact) mass is 388 g/mol. The van der Waals surface area contributed by atoms with Gasteiger partial charge in [0.15, 0.2) is 7.52 Å². The molecule has 1 saturated heterocycles. The molecule has 5 heteroatoms. The largest absolute Gasteiger partial charge is 0.434 e. The summed E-state index contributed by atoms with van der Waals surface area (Å²) in [6.45, 7) is 5.97. The molecule has 0 spiro atoms.